The summed E-state index contributed by atoms with van der Waals surface area (Å²) in [5.74, 6) is -0.291. The third-order valence-corrected chi connectivity index (χ3v) is 3.89. The van der Waals surface area contributed by atoms with Crippen molar-refractivity contribution < 1.29 is 19.0 Å². The summed E-state index contributed by atoms with van der Waals surface area (Å²) in [6.45, 7) is 1.28. The highest BCUT2D eigenvalue weighted by Gasteiger charge is 2.35. The second-order valence-electron chi connectivity index (χ2n) is 4.46. The summed E-state index contributed by atoms with van der Waals surface area (Å²) in [4.78, 5) is 10.8. The van der Waals surface area contributed by atoms with E-state index in [1.807, 2.05) is 36.4 Å². The summed E-state index contributed by atoms with van der Waals surface area (Å²) >= 11 is 3.41. The van der Waals surface area contributed by atoms with E-state index in [1.165, 1.54) is 7.11 Å². The van der Waals surface area contributed by atoms with Gasteiger partial charge in [-0.05, 0) is 28.1 Å². The molecule has 0 spiro atoms. The van der Waals surface area contributed by atoms with Crippen LogP contribution >= 0.6 is 15.9 Å². The van der Waals surface area contributed by atoms with Crippen LogP contribution < -0.4 is 0 Å². The van der Waals surface area contributed by atoms with Crippen molar-refractivity contribution in [2.24, 2.45) is 0 Å². The summed E-state index contributed by atoms with van der Waals surface area (Å²) in [5, 5.41) is 0. The Hall–Kier alpha value is -1.69. The Morgan fingerprint density at radius 1 is 1.00 bits per heavy atom. The van der Waals surface area contributed by atoms with E-state index in [1.54, 1.807) is 24.3 Å². The SMILES string of the molecule is BrC1(c2ccccc2)OCCO1.COC(=O)c1ccccc1. The number of carbonyl (C=O) groups is 1. The van der Waals surface area contributed by atoms with E-state index in [4.69, 9.17) is 9.47 Å². The normalized spacial score (nSPS) is 15.5. The third kappa shape index (κ3) is 4.40. The molecule has 0 amide bonds. The van der Waals surface area contributed by atoms with Crippen molar-refractivity contribution in [2.45, 2.75) is 4.70 Å². The molecule has 1 aliphatic heterocycles. The molecule has 2 aromatic rings. The van der Waals surface area contributed by atoms with Crippen molar-refractivity contribution in [3.63, 3.8) is 0 Å². The fourth-order valence-electron chi connectivity index (χ4n) is 1.88. The van der Waals surface area contributed by atoms with Gasteiger partial charge in [-0.2, -0.15) is 0 Å². The molecular formula is C17H17BrO4. The van der Waals surface area contributed by atoms with E-state index in [9.17, 15) is 4.79 Å². The molecule has 0 aromatic heterocycles. The molecule has 0 bridgehead atoms. The van der Waals surface area contributed by atoms with E-state index in [0.29, 0.717) is 18.8 Å². The summed E-state index contributed by atoms with van der Waals surface area (Å²) < 4.78 is 14.6. The van der Waals surface area contributed by atoms with Gasteiger partial charge in [-0.3, -0.25) is 0 Å². The number of ether oxygens (including phenoxy) is 3. The Kier molecular flexibility index (Phi) is 6.12. The number of esters is 1. The average molecular weight is 365 g/mol. The molecule has 0 saturated carbocycles. The third-order valence-electron chi connectivity index (χ3n) is 2.97. The Morgan fingerprint density at radius 3 is 2.00 bits per heavy atom. The summed E-state index contributed by atoms with van der Waals surface area (Å²) in [7, 11) is 1.37. The molecule has 116 valence electrons. The van der Waals surface area contributed by atoms with Gasteiger partial charge >= 0.3 is 5.97 Å². The van der Waals surface area contributed by atoms with E-state index >= 15 is 0 Å². The largest absolute Gasteiger partial charge is 0.465 e. The molecule has 22 heavy (non-hydrogen) atoms. The molecular weight excluding hydrogens is 348 g/mol. The van der Waals surface area contributed by atoms with Crippen molar-refractivity contribution in [1.29, 1.82) is 0 Å². The molecule has 2 aromatic carbocycles. The van der Waals surface area contributed by atoms with Gasteiger partial charge in [-0.25, -0.2) is 4.79 Å². The van der Waals surface area contributed by atoms with Crippen LogP contribution in [-0.2, 0) is 18.9 Å². The number of carbonyl (C=O) groups excluding carboxylic acids is 1. The van der Waals surface area contributed by atoms with Gasteiger partial charge in [0.25, 0.3) is 4.70 Å². The summed E-state index contributed by atoms with van der Waals surface area (Å²) in [6.07, 6.45) is 0. The molecule has 1 saturated heterocycles. The highest BCUT2D eigenvalue weighted by Crippen LogP contribution is 2.37. The number of benzene rings is 2. The highest BCUT2D eigenvalue weighted by atomic mass is 79.9. The minimum atomic E-state index is -0.700. The van der Waals surface area contributed by atoms with Crippen LogP contribution in [-0.4, -0.2) is 26.3 Å². The van der Waals surface area contributed by atoms with Gasteiger partial charge in [0.05, 0.1) is 25.9 Å². The molecule has 5 heteroatoms. The quantitative estimate of drug-likeness (QED) is 0.601. The lowest BCUT2D eigenvalue weighted by molar-refractivity contribution is -0.0743. The van der Waals surface area contributed by atoms with E-state index in [0.717, 1.165) is 5.56 Å². The molecule has 4 nitrogen and oxygen atoms in total. The average Bonchev–Trinajstić information content (AvgIpc) is 3.04. The minimum absolute atomic E-state index is 0.291. The fourth-order valence-corrected chi connectivity index (χ4v) is 2.47. The number of rotatable bonds is 2. The van der Waals surface area contributed by atoms with Crippen LogP contribution in [0.25, 0.3) is 0 Å². The summed E-state index contributed by atoms with van der Waals surface area (Å²) in [6, 6.07) is 18.7. The first kappa shape index (κ1) is 16.7. The van der Waals surface area contributed by atoms with Gasteiger partial charge in [0.1, 0.15) is 0 Å². The van der Waals surface area contributed by atoms with Crippen molar-refractivity contribution in [1.82, 2.24) is 0 Å². The van der Waals surface area contributed by atoms with Crippen LogP contribution in [0, 0.1) is 0 Å². The summed E-state index contributed by atoms with van der Waals surface area (Å²) in [5.41, 5.74) is 1.59. The first-order chi connectivity index (χ1) is 10.7. The Morgan fingerprint density at radius 2 is 1.50 bits per heavy atom. The number of methoxy groups -OCH3 is 1. The number of hydrogen-bond donors (Lipinski definition) is 0. The van der Waals surface area contributed by atoms with Crippen molar-refractivity contribution in [3.8, 4) is 0 Å². The minimum Gasteiger partial charge on any atom is -0.465 e. The van der Waals surface area contributed by atoms with Gasteiger partial charge in [0, 0.05) is 5.56 Å². The highest BCUT2D eigenvalue weighted by molar-refractivity contribution is 9.09. The molecule has 0 N–H and O–H groups in total. The van der Waals surface area contributed by atoms with Gasteiger partial charge in [-0.1, -0.05) is 48.5 Å². The topological polar surface area (TPSA) is 44.8 Å². The molecule has 0 radical (unpaired) electrons. The number of halogens is 1. The van der Waals surface area contributed by atoms with Crippen molar-refractivity contribution in [3.05, 3.63) is 71.8 Å². The van der Waals surface area contributed by atoms with Crippen LogP contribution in [0.2, 0.25) is 0 Å². The second kappa shape index (κ2) is 8.08. The zero-order valence-corrected chi connectivity index (χ0v) is 13.8. The molecule has 0 unspecified atom stereocenters. The zero-order chi connectivity index (χ0) is 15.8. The lowest BCUT2D eigenvalue weighted by Crippen LogP contribution is -2.17. The standard InChI is InChI=1S/C9H9BrO2.C8H8O2/c10-9(11-6-7-12-9)8-4-2-1-3-5-8;1-10-8(9)7-5-3-2-4-6-7/h1-5H,6-7H2;2-6H,1H3. The first-order valence-corrected chi connectivity index (χ1v) is 7.61. The van der Waals surface area contributed by atoms with Gasteiger partial charge in [0.2, 0.25) is 0 Å². The van der Waals surface area contributed by atoms with Crippen molar-refractivity contribution >= 4 is 21.9 Å². The lowest BCUT2D eigenvalue weighted by Gasteiger charge is -2.19. The molecule has 0 aliphatic carbocycles. The van der Waals surface area contributed by atoms with Crippen LogP contribution in [0.15, 0.2) is 60.7 Å². The van der Waals surface area contributed by atoms with Gasteiger partial charge in [0.15, 0.2) is 0 Å². The molecule has 0 atom stereocenters. The van der Waals surface area contributed by atoms with E-state index in [2.05, 4.69) is 20.7 Å². The smallest absolute Gasteiger partial charge is 0.337 e. The predicted molar refractivity (Wildman–Crippen MR) is 86.7 cm³/mol. The van der Waals surface area contributed by atoms with Gasteiger partial charge in [-0.15, -0.1) is 0 Å². The van der Waals surface area contributed by atoms with Crippen LogP contribution in [0.4, 0.5) is 0 Å². The van der Waals surface area contributed by atoms with Crippen molar-refractivity contribution in [2.75, 3.05) is 20.3 Å². The van der Waals surface area contributed by atoms with Crippen LogP contribution in [0.1, 0.15) is 15.9 Å². The number of alkyl halides is 1. The monoisotopic (exact) mass is 364 g/mol. The van der Waals surface area contributed by atoms with Crippen LogP contribution in [0.5, 0.6) is 0 Å². The van der Waals surface area contributed by atoms with Gasteiger partial charge < -0.3 is 14.2 Å². The zero-order valence-electron chi connectivity index (χ0n) is 12.2. The first-order valence-electron chi connectivity index (χ1n) is 6.81. The van der Waals surface area contributed by atoms with Crippen LogP contribution in [0.3, 0.4) is 0 Å². The Bertz CT molecular complexity index is 580. The maximum Gasteiger partial charge on any atom is 0.337 e. The fraction of sp³-hybridized carbons (Fsp3) is 0.235. The van der Waals surface area contributed by atoms with E-state index < -0.39 is 4.70 Å². The molecule has 3 rings (SSSR count). The lowest BCUT2D eigenvalue weighted by atomic mass is 10.2. The predicted octanol–water partition coefficient (Wildman–Crippen LogP) is 3.71. The maximum absolute atomic E-state index is 10.8. The molecule has 1 heterocycles. The van der Waals surface area contributed by atoms with E-state index in [-0.39, 0.29) is 5.97 Å². The maximum atomic E-state index is 10.8. The molecule has 1 aliphatic rings. The molecule has 1 fully saturated rings. The Labute approximate surface area is 138 Å². The Balaban J connectivity index is 0.000000164. The number of hydrogen-bond acceptors (Lipinski definition) is 4. The second-order valence-corrected chi connectivity index (χ2v) is 5.50.